The maximum absolute atomic E-state index is 15.8. The molecule has 1 aliphatic heterocycles. The largest absolute Gasteiger partial charge is 0.463 e. The Hall–Kier alpha value is -5.39. The van der Waals surface area contributed by atoms with Crippen LogP contribution >= 0.6 is 0 Å². The molecule has 0 fully saturated rings. The number of imidazole rings is 1. The van der Waals surface area contributed by atoms with E-state index >= 15 is 4.39 Å². The average molecular weight is 707 g/mol. The summed E-state index contributed by atoms with van der Waals surface area (Å²) >= 11 is 0. The molecular formula is C41H47FN6O4. The number of benzene rings is 3. The Morgan fingerprint density at radius 2 is 1.92 bits per heavy atom. The van der Waals surface area contributed by atoms with Crippen molar-refractivity contribution in [2.75, 3.05) is 13.2 Å². The van der Waals surface area contributed by atoms with E-state index in [1.807, 2.05) is 74.1 Å². The molecule has 0 spiro atoms. The van der Waals surface area contributed by atoms with Crippen LogP contribution in [-0.2, 0) is 33.3 Å². The number of nitrogens with one attached hydrogen (secondary N) is 1. The Balaban J connectivity index is 1.47. The molecule has 0 aliphatic carbocycles. The number of aromatic amines is 1. The van der Waals surface area contributed by atoms with Gasteiger partial charge in [-0.05, 0) is 82.9 Å². The number of aromatic nitrogens is 3. The first-order valence-electron chi connectivity index (χ1n) is 17.5. The number of halogens is 1. The highest BCUT2D eigenvalue weighted by molar-refractivity contribution is 5.93. The highest BCUT2D eigenvalue weighted by atomic mass is 19.1. The fraction of sp³-hybridized carbons (Fsp3) is 0.317. The van der Waals surface area contributed by atoms with E-state index in [9.17, 15) is 4.79 Å². The van der Waals surface area contributed by atoms with Gasteiger partial charge in [-0.2, -0.15) is 0 Å². The lowest BCUT2D eigenvalue weighted by atomic mass is 9.75. The second-order valence-electron chi connectivity index (χ2n) is 14.0. The highest BCUT2D eigenvalue weighted by Crippen LogP contribution is 2.40. The Bertz CT molecular complexity index is 2170. The van der Waals surface area contributed by atoms with Crippen LogP contribution in [0.4, 0.5) is 4.39 Å². The van der Waals surface area contributed by atoms with Gasteiger partial charge in [-0.1, -0.05) is 36.4 Å². The van der Waals surface area contributed by atoms with Gasteiger partial charge in [0.2, 0.25) is 0 Å². The maximum Gasteiger partial charge on any atom is 0.333 e. The number of esters is 1. The van der Waals surface area contributed by atoms with Crippen LogP contribution in [0.25, 0.3) is 28.4 Å². The van der Waals surface area contributed by atoms with Gasteiger partial charge in [-0.25, -0.2) is 20.0 Å². The van der Waals surface area contributed by atoms with Crippen molar-refractivity contribution in [2.45, 2.75) is 65.0 Å². The third-order valence-electron chi connectivity index (χ3n) is 9.75. The highest BCUT2D eigenvalue weighted by Gasteiger charge is 2.33. The van der Waals surface area contributed by atoms with Gasteiger partial charge in [-0.3, -0.25) is 0 Å². The Labute approximate surface area is 303 Å². The zero-order valence-corrected chi connectivity index (χ0v) is 30.6. The Morgan fingerprint density at radius 1 is 1.13 bits per heavy atom. The first kappa shape index (κ1) is 36.4. The summed E-state index contributed by atoms with van der Waals surface area (Å²) in [5.74, 6) is 6.88. The number of fused-ring (bicyclic) bond motifs is 8. The van der Waals surface area contributed by atoms with E-state index in [4.69, 9.17) is 30.8 Å². The molecule has 2 aromatic heterocycles. The van der Waals surface area contributed by atoms with Crippen molar-refractivity contribution in [2.24, 2.45) is 18.6 Å². The Morgan fingerprint density at radius 3 is 2.71 bits per heavy atom. The minimum Gasteiger partial charge on any atom is -0.463 e. The molecule has 1 unspecified atom stereocenters. The number of ether oxygens (including phenoxy) is 3. The molecule has 5 aromatic rings. The first-order chi connectivity index (χ1) is 24.8. The van der Waals surface area contributed by atoms with Crippen molar-refractivity contribution in [1.29, 1.82) is 0 Å². The molecule has 0 radical (unpaired) electrons. The molecule has 3 aromatic carbocycles. The van der Waals surface area contributed by atoms with Crippen molar-refractivity contribution < 1.29 is 23.4 Å². The number of H-pyrrole nitrogens is 1. The number of carbonyl (C=O) groups excluding carboxylic acids is 1. The number of hydrazine groups is 1. The SMILES string of the molecule is CCOC(=O)/C(C)=C/c1cccc(C2(C)CCCOC(C)(C)/C(N)=C/N(N)Cc3c(c(F)cc4[nH]ccc34)Oc3cccc(c3)-c3nc2cn3C)c1. The zero-order chi connectivity index (χ0) is 37.2. The molecule has 0 amide bonds. The van der Waals surface area contributed by atoms with E-state index in [0.717, 1.165) is 33.6 Å². The maximum atomic E-state index is 15.8. The number of rotatable bonds is 4. The number of hydrogen-bond acceptors (Lipinski definition) is 8. The third-order valence-corrected chi connectivity index (χ3v) is 9.75. The third kappa shape index (κ3) is 7.46. The van der Waals surface area contributed by atoms with Gasteiger partial charge >= 0.3 is 5.97 Å². The summed E-state index contributed by atoms with van der Waals surface area (Å²) in [5.41, 5.74) is 10.9. The number of hydrogen-bond donors (Lipinski definition) is 3. The van der Waals surface area contributed by atoms with Crippen LogP contribution in [0.5, 0.6) is 11.5 Å². The van der Waals surface area contributed by atoms with E-state index in [2.05, 4.69) is 24.0 Å². The molecule has 6 rings (SSSR count). The van der Waals surface area contributed by atoms with Gasteiger partial charge in [0, 0.05) is 71.3 Å². The summed E-state index contributed by atoms with van der Waals surface area (Å²) in [6, 6.07) is 18.9. The lowest BCUT2D eigenvalue weighted by molar-refractivity contribution is -0.138. The van der Waals surface area contributed by atoms with E-state index < -0.39 is 16.8 Å². The molecule has 272 valence electrons. The summed E-state index contributed by atoms with van der Waals surface area (Å²) in [6.07, 6.45) is 8.65. The van der Waals surface area contributed by atoms with Gasteiger partial charge in [0.1, 0.15) is 17.2 Å². The van der Waals surface area contributed by atoms with E-state index in [1.165, 1.54) is 11.1 Å². The average Bonchev–Trinajstić information content (AvgIpc) is 3.74. The van der Waals surface area contributed by atoms with E-state index in [1.54, 1.807) is 32.3 Å². The predicted octanol–water partition coefficient (Wildman–Crippen LogP) is 7.84. The van der Waals surface area contributed by atoms with Crippen molar-refractivity contribution in [1.82, 2.24) is 19.5 Å². The van der Waals surface area contributed by atoms with E-state index in [0.29, 0.717) is 54.2 Å². The van der Waals surface area contributed by atoms with Crippen molar-refractivity contribution >= 4 is 22.9 Å². The topological polar surface area (TPSA) is 134 Å². The van der Waals surface area contributed by atoms with Crippen LogP contribution in [0, 0.1) is 5.82 Å². The molecule has 10 nitrogen and oxygen atoms in total. The number of nitrogens with zero attached hydrogens (tertiary/aromatic N) is 3. The summed E-state index contributed by atoms with van der Waals surface area (Å²) in [6.45, 7) is 10.4. The van der Waals surface area contributed by atoms with Crippen LogP contribution in [0.1, 0.15) is 69.8 Å². The smallest absolute Gasteiger partial charge is 0.333 e. The van der Waals surface area contributed by atoms with Crippen molar-refractivity contribution in [3.63, 3.8) is 0 Å². The lowest BCUT2D eigenvalue weighted by Crippen LogP contribution is -2.36. The number of carbonyl (C=O) groups is 1. The van der Waals surface area contributed by atoms with Crippen molar-refractivity contribution in [3.8, 4) is 22.9 Å². The van der Waals surface area contributed by atoms with Crippen molar-refractivity contribution in [3.05, 3.63) is 119 Å². The predicted molar refractivity (Wildman–Crippen MR) is 201 cm³/mol. The van der Waals surface area contributed by atoms with Gasteiger partial charge in [0.05, 0.1) is 24.5 Å². The summed E-state index contributed by atoms with van der Waals surface area (Å²) in [7, 11) is 1.96. The van der Waals surface area contributed by atoms with Crippen LogP contribution in [0.15, 0.2) is 90.5 Å². The molecule has 0 saturated carbocycles. The monoisotopic (exact) mass is 706 g/mol. The molecule has 1 aliphatic rings. The molecule has 11 heteroatoms. The van der Waals surface area contributed by atoms with Crippen LogP contribution in [0.2, 0.25) is 0 Å². The van der Waals surface area contributed by atoms with Gasteiger partial charge in [-0.15, -0.1) is 0 Å². The minimum absolute atomic E-state index is 0.0697. The quantitative estimate of drug-likeness (QED) is 0.0979. The number of aryl methyl sites for hydroxylation is 1. The van der Waals surface area contributed by atoms with Crippen LogP contribution in [-0.4, -0.2) is 44.3 Å². The summed E-state index contributed by atoms with van der Waals surface area (Å²) in [5, 5.41) is 2.20. The molecule has 4 bridgehead atoms. The van der Waals surface area contributed by atoms with E-state index in [-0.39, 0.29) is 18.3 Å². The van der Waals surface area contributed by atoms with Gasteiger partial charge < -0.3 is 34.5 Å². The minimum atomic E-state index is -0.853. The summed E-state index contributed by atoms with van der Waals surface area (Å²) < 4.78 is 35.7. The fourth-order valence-electron chi connectivity index (χ4n) is 6.65. The molecule has 1 atom stereocenters. The molecule has 5 N–H and O–H groups in total. The fourth-order valence-corrected chi connectivity index (χ4v) is 6.65. The number of nitrogens with two attached hydrogens (primary N) is 2. The van der Waals surface area contributed by atoms with Crippen LogP contribution in [0.3, 0.4) is 0 Å². The molecular weight excluding hydrogens is 659 g/mol. The first-order valence-corrected chi connectivity index (χ1v) is 17.5. The zero-order valence-electron chi connectivity index (χ0n) is 30.6. The molecule has 3 heterocycles. The van der Waals surface area contributed by atoms with Crippen LogP contribution < -0.4 is 16.3 Å². The second-order valence-corrected chi connectivity index (χ2v) is 14.0. The lowest BCUT2D eigenvalue weighted by Gasteiger charge is -2.31. The summed E-state index contributed by atoms with van der Waals surface area (Å²) in [4.78, 5) is 20.7. The standard InChI is InChI=1S/C41H47FN6O4/c1-7-50-39(49)26(2)19-27-11-8-13-29(20-27)41(5)16-10-18-51-40(3,4)35(43)24-48(44)23-32-31-15-17-45-34(31)22-33(42)37(32)52-30-14-9-12-28(21-30)38-46-36(41)25-47(38)6/h8-9,11-15,17,19-22,24-25,45H,7,10,16,18,23,43-44H2,1-6H3/b26-19+,35-24-. The Kier molecular flexibility index (Phi) is 10.3. The molecule has 52 heavy (non-hydrogen) atoms. The normalized spacial score (nSPS) is 19.4. The second kappa shape index (κ2) is 14.7. The van der Waals surface area contributed by atoms with Gasteiger partial charge in [0.25, 0.3) is 0 Å². The van der Waals surface area contributed by atoms with Gasteiger partial charge in [0.15, 0.2) is 11.6 Å². The molecule has 0 saturated heterocycles.